The van der Waals surface area contributed by atoms with Crippen LogP contribution in [-0.4, -0.2) is 16.0 Å². The number of phenols is 2. The molecule has 0 saturated carbocycles. The minimum absolute atomic E-state index is 0.116. The Morgan fingerprint density at radius 3 is 1.71 bits per heavy atom. The zero-order chi connectivity index (χ0) is 16.9. The van der Waals surface area contributed by atoms with Crippen LogP contribution in [0.25, 0.3) is 11.6 Å². The number of ketones is 1. The number of benzene rings is 3. The second-order valence-electron chi connectivity index (χ2n) is 5.39. The topological polar surface area (TPSA) is 57.5 Å². The monoisotopic (exact) mass is 316 g/mol. The van der Waals surface area contributed by atoms with Crippen LogP contribution in [0.2, 0.25) is 0 Å². The summed E-state index contributed by atoms with van der Waals surface area (Å²) >= 11 is 0. The van der Waals surface area contributed by atoms with Gasteiger partial charge in [0.15, 0.2) is 5.78 Å². The predicted octanol–water partition coefficient (Wildman–Crippen LogP) is 4.52. The Balaban J connectivity index is 2.07. The Labute approximate surface area is 140 Å². The third-order valence-electron chi connectivity index (χ3n) is 3.66. The summed E-state index contributed by atoms with van der Waals surface area (Å²) in [6, 6.07) is 22.3. The van der Waals surface area contributed by atoms with Crippen LogP contribution in [0.15, 0.2) is 78.9 Å². The van der Waals surface area contributed by atoms with Crippen molar-refractivity contribution in [2.75, 3.05) is 0 Å². The van der Waals surface area contributed by atoms with Gasteiger partial charge in [0.05, 0.1) is 0 Å². The normalized spacial score (nSPS) is 11.2. The van der Waals surface area contributed by atoms with Crippen LogP contribution in [0.3, 0.4) is 0 Å². The highest BCUT2D eigenvalue weighted by Crippen LogP contribution is 2.25. The summed E-state index contributed by atoms with van der Waals surface area (Å²) < 4.78 is 0. The quantitative estimate of drug-likeness (QED) is 0.422. The average molecular weight is 316 g/mol. The van der Waals surface area contributed by atoms with Gasteiger partial charge < -0.3 is 10.2 Å². The summed E-state index contributed by atoms with van der Waals surface area (Å²) in [6.45, 7) is 0. The maximum absolute atomic E-state index is 12.9. The molecule has 0 aliphatic rings. The van der Waals surface area contributed by atoms with Crippen molar-refractivity contribution in [2.24, 2.45) is 0 Å². The van der Waals surface area contributed by atoms with Crippen molar-refractivity contribution in [3.8, 4) is 11.5 Å². The fraction of sp³-hybridized carbons (Fsp3) is 0. The van der Waals surface area contributed by atoms with E-state index in [1.807, 2.05) is 36.4 Å². The lowest BCUT2D eigenvalue weighted by Gasteiger charge is -2.08. The molecule has 0 amide bonds. The number of carbonyl (C=O) groups excluding carboxylic acids is 1. The van der Waals surface area contributed by atoms with Crippen LogP contribution >= 0.6 is 0 Å². The molecule has 3 heteroatoms. The number of Topliss-reactive ketones (excluding diaryl/α,β-unsaturated/α-hetero) is 1. The average Bonchev–Trinajstić information content (AvgIpc) is 2.62. The Bertz CT molecular complexity index is 861. The molecule has 0 heterocycles. The lowest BCUT2D eigenvalue weighted by atomic mass is 9.94. The predicted molar refractivity (Wildman–Crippen MR) is 94.9 cm³/mol. The largest absolute Gasteiger partial charge is 0.508 e. The molecule has 0 unspecified atom stereocenters. The number of rotatable bonds is 4. The summed E-state index contributed by atoms with van der Waals surface area (Å²) in [4.78, 5) is 12.9. The summed E-state index contributed by atoms with van der Waals surface area (Å²) in [6.07, 6.45) is 1.82. The second-order valence-corrected chi connectivity index (χ2v) is 5.39. The van der Waals surface area contributed by atoms with Gasteiger partial charge in [0, 0.05) is 11.1 Å². The Morgan fingerprint density at radius 1 is 0.667 bits per heavy atom. The minimum Gasteiger partial charge on any atom is -0.508 e. The standard InChI is InChI=1S/C21H16O3/c22-18-10-6-16(7-11-18)20(14-15-4-2-1-3-5-15)21(24)17-8-12-19(23)13-9-17/h1-14,22-23H/b20-14-. The first kappa shape index (κ1) is 15.6. The van der Waals surface area contributed by atoms with E-state index < -0.39 is 0 Å². The van der Waals surface area contributed by atoms with Gasteiger partial charge in [-0.15, -0.1) is 0 Å². The fourth-order valence-corrected chi connectivity index (χ4v) is 2.41. The van der Waals surface area contributed by atoms with Crippen LogP contribution in [0.4, 0.5) is 0 Å². The first-order chi connectivity index (χ1) is 11.6. The van der Waals surface area contributed by atoms with E-state index in [1.54, 1.807) is 36.4 Å². The molecule has 0 bridgehead atoms. The van der Waals surface area contributed by atoms with E-state index in [9.17, 15) is 15.0 Å². The third-order valence-corrected chi connectivity index (χ3v) is 3.66. The Kier molecular flexibility index (Phi) is 4.43. The molecular weight excluding hydrogens is 300 g/mol. The van der Waals surface area contributed by atoms with Crippen LogP contribution in [-0.2, 0) is 0 Å². The van der Waals surface area contributed by atoms with Gasteiger partial charge in [-0.25, -0.2) is 0 Å². The number of allylic oxidation sites excluding steroid dienone is 1. The van der Waals surface area contributed by atoms with Crippen LogP contribution < -0.4 is 0 Å². The van der Waals surface area contributed by atoms with Gasteiger partial charge in [0.1, 0.15) is 11.5 Å². The van der Waals surface area contributed by atoms with Crippen molar-refractivity contribution < 1.29 is 15.0 Å². The third kappa shape index (κ3) is 3.52. The van der Waals surface area contributed by atoms with Crippen LogP contribution in [0.1, 0.15) is 21.5 Å². The van der Waals surface area contributed by atoms with E-state index in [0.717, 1.165) is 11.1 Å². The van der Waals surface area contributed by atoms with E-state index in [2.05, 4.69) is 0 Å². The molecule has 3 nitrogen and oxygen atoms in total. The maximum atomic E-state index is 12.9. The molecule has 0 atom stereocenters. The molecule has 0 saturated heterocycles. The van der Waals surface area contributed by atoms with Gasteiger partial charge in [-0.2, -0.15) is 0 Å². The summed E-state index contributed by atoms with van der Waals surface area (Å²) in [7, 11) is 0. The van der Waals surface area contributed by atoms with Crippen molar-refractivity contribution in [1.29, 1.82) is 0 Å². The second kappa shape index (κ2) is 6.84. The minimum atomic E-state index is -0.149. The molecule has 3 rings (SSSR count). The molecule has 118 valence electrons. The van der Waals surface area contributed by atoms with Crippen molar-refractivity contribution in [3.05, 3.63) is 95.6 Å². The molecule has 0 radical (unpaired) electrons. The first-order valence-corrected chi connectivity index (χ1v) is 7.53. The smallest absolute Gasteiger partial charge is 0.193 e. The summed E-state index contributed by atoms with van der Waals surface area (Å²) in [5.74, 6) is 0.115. The molecule has 0 spiro atoms. The van der Waals surface area contributed by atoms with Crippen molar-refractivity contribution >= 4 is 17.4 Å². The van der Waals surface area contributed by atoms with E-state index in [-0.39, 0.29) is 17.3 Å². The van der Waals surface area contributed by atoms with E-state index in [0.29, 0.717) is 11.1 Å². The highest BCUT2D eigenvalue weighted by atomic mass is 16.3. The molecule has 0 aliphatic carbocycles. The number of hydrogen-bond acceptors (Lipinski definition) is 3. The van der Waals surface area contributed by atoms with Gasteiger partial charge in [-0.05, 0) is 53.6 Å². The van der Waals surface area contributed by atoms with Crippen LogP contribution in [0.5, 0.6) is 11.5 Å². The molecule has 2 N–H and O–H groups in total. The van der Waals surface area contributed by atoms with E-state index in [4.69, 9.17) is 0 Å². The lowest BCUT2D eigenvalue weighted by Crippen LogP contribution is -2.02. The highest BCUT2D eigenvalue weighted by Gasteiger charge is 2.15. The van der Waals surface area contributed by atoms with Gasteiger partial charge in [-0.1, -0.05) is 42.5 Å². The first-order valence-electron chi connectivity index (χ1n) is 7.53. The van der Waals surface area contributed by atoms with Gasteiger partial charge in [0.2, 0.25) is 0 Å². The zero-order valence-corrected chi connectivity index (χ0v) is 12.9. The molecular formula is C21H16O3. The molecule has 0 aliphatic heterocycles. The van der Waals surface area contributed by atoms with Crippen molar-refractivity contribution in [3.63, 3.8) is 0 Å². The summed E-state index contributed by atoms with van der Waals surface area (Å²) in [5, 5.41) is 18.9. The van der Waals surface area contributed by atoms with Crippen molar-refractivity contribution in [2.45, 2.75) is 0 Å². The number of hydrogen-bond donors (Lipinski definition) is 2. The SMILES string of the molecule is O=C(/C(=C\c1ccccc1)c1ccc(O)cc1)c1ccc(O)cc1. The maximum Gasteiger partial charge on any atom is 0.193 e. The number of aromatic hydroxyl groups is 2. The van der Waals surface area contributed by atoms with E-state index >= 15 is 0 Å². The number of carbonyl (C=O) groups is 1. The van der Waals surface area contributed by atoms with Gasteiger partial charge >= 0.3 is 0 Å². The molecule has 0 fully saturated rings. The number of phenolic OH excluding ortho intramolecular Hbond substituents is 2. The highest BCUT2D eigenvalue weighted by molar-refractivity contribution is 6.32. The van der Waals surface area contributed by atoms with Crippen LogP contribution in [0, 0.1) is 0 Å². The summed E-state index contributed by atoms with van der Waals surface area (Å²) in [5.41, 5.74) is 2.64. The molecule has 3 aromatic carbocycles. The Hall–Kier alpha value is -3.33. The van der Waals surface area contributed by atoms with Crippen molar-refractivity contribution in [1.82, 2.24) is 0 Å². The fourth-order valence-electron chi connectivity index (χ4n) is 2.41. The molecule has 3 aromatic rings. The van der Waals surface area contributed by atoms with Gasteiger partial charge in [-0.3, -0.25) is 4.79 Å². The zero-order valence-electron chi connectivity index (χ0n) is 12.9. The van der Waals surface area contributed by atoms with Gasteiger partial charge in [0.25, 0.3) is 0 Å². The molecule has 0 aromatic heterocycles. The lowest BCUT2D eigenvalue weighted by molar-refractivity contribution is 0.105. The molecule has 24 heavy (non-hydrogen) atoms. The van der Waals surface area contributed by atoms with E-state index in [1.165, 1.54) is 12.1 Å². The Morgan fingerprint density at radius 2 is 1.17 bits per heavy atom.